The average molecular weight is 210 g/mol. The molecule has 0 aromatic heterocycles. The standard InChI is InChI=1S/C9H8BrN/c10-6-5-8-1-3-9(7-11)4-2-8/h1-4H,7,11H2. The van der Waals surface area contributed by atoms with Crippen LogP contribution in [0.3, 0.4) is 0 Å². The van der Waals surface area contributed by atoms with Gasteiger partial charge in [0.25, 0.3) is 0 Å². The fourth-order valence-corrected chi connectivity index (χ4v) is 1.01. The number of hydrogen-bond acceptors (Lipinski definition) is 1. The summed E-state index contributed by atoms with van der Waals surface area (Å²) in [4.78, 5) is 2.65. The predicted molar refractivity (Wildman–Crippen MR) is 50.1 cm³/mol. The molecule has 0 spiro atoms. The highest BCUT2D eigenvalue weighted by molar-refractivity contribution is 9.12. The largest absolute Gasteiger partial charge is 0.326 e. The van der Waals surface area contributed by atoms with Crippen LogP contribution in [0.5, 0.6) is 0 Å². The molecule has 0 fully saturated rings. The molecular formula is C9H8BrN. The van der Waals surface area contributed by atoms with Crippen molar-refractivity contribution >= 4 is 15.9 Å². The molecule has 0 radical (unpaired) electrons. The van der Waals surface area contributed by atoms with Crippen LogP contribution in [-0.4, -0.2) is 0 Å². The molecule has 0 heterocycles. The third kappa shape index (κ3) is 2.38. The Hall–Kier alpha value is -0.780. The van der Waals surface area contributed by atoms with E-state index in [1.54, 1.807) is 0 Å². The minimum absolute atomic E-state index is 0.585. The van der Waals surface area contributed by atoms with Crippen molar-refractivity contribution in [1.29, 1.82) is 0 Å². The summed E-state index contributed by atoms with van der Waals surface area (Å²) in [6, 6.07) is 7.87. The third-order valence-corrected chi connectivity index (χ3v) is 1.58. The van der Waals surface area contributed by atoms with Gasteiger partial charge >= 0.3 is 0 Å². The molecule has 0 saturated carbocycles. The maximum absolute atomic E-state index is 5.43. The van der Waals surface area contributed by atoms with Crippen LogP contribution in [0, 0.1) is 10.8 Å². The first-order valence-electron chi connectivity index (χ1n) is 3.27. The molecule has 0 saturated heterocycles. The van der Waals surface area contributed by atoms with E-state index in [1.807, 2.05) is 24.3 Å². The zero-order chi connectivity index (χ0) is 8.10. The van der Waals surface area contributed by atoms with E-state index in [2.05, 4.69) is 26.7 Å². The van der Waals surface area contributed by atoms with Crippen molar-refractivity contribution in [3.8, 4) is 10.8 Å². The van der Waals surface area contributed by atoms with Crippen molar-refractivity contribution < 1.29 is 0 Å². The minimum Gasteiger partial charge on any atom is -0.326 e. The maximum Gasteiger partial charge on any atom is 0.0254 e. The molecule has 0 amide bonds. The molecule has 0 unspecified atom stereocenters. The fraction of sp³-hybridized carbons (Fsp3) is 0.111. The van der Waals surface area contributed by atoms with Crippen LogP contribution in [-0.2, 0) is 6.54 Å². The number of nitrogens with two attached hydrogens (primary N) is 1. The van der Waals surface area contributed by atoms with Crippen molar-refractivity contribution in [1.82, 2.24) is 0 Å². The van der Waals surface area contributed by atoms with E-state index in [4.69, 9.17) is 5.73 Å². The summed E-state index contributed by atoms with van der Waals surface area (Å²) in [7, 11) is 0. The highest BCUT2D eigenvalue weighted by atomic mass is 79.9. The van der Waals surface area contributed by atoms with E-state index >= 15 is 0 Å². The number of halogens is 1. The van der Waals surface area contributed by atoms with Crippen molar-refractivity contribution in [3.63, 3.8) is 0 Å². The molecule has 11 heavy (non-hydrogen) atoms. The average Bonchev–Trinajstić information content (AvgIpc) is 2.07. The molecular weight excluding hydrogens is 202 g/mol. The smallest absolute Gasteiger partial charge is 0.0254 e. The van der Waals surface area contributed by atoms with Gasteiger partial charge in [-0.2, -0.15) is 0 Å². The Morgan fingerprint density at radius 3 is 2.36 bits per heavy atom. The van der Waals surface area contributed by atoms with Crippen LogP contribution in [0.25, 0.3) is 0 Å². The Bertz CT molecular complexity index is 279. The topological polar surface area (TPSA) is 26.0 Å². The second-order valence-electron chi connectivity index (χ2n) is 2.12. The van der Waals surface area contributed by atoms with Crippen LogP contribution in [0.1, 0.15) is 11.1 Å². The number of benzene rings is 1. The minimum atomic E-state index is 0.585. The van der Waals surface area contributed by atoms with E-state index in [0.29, 0.717) is 6.54 Å². The second-order valence-corrected chi connectivity index (χ2v) is 2.52. The van der Waals surface area contributed by atoms with Gasteiger partial charge in [0.05, 0.1) is 0 Å². The van der Waals surface area contributed by atoms with Gasteiger partial charge in [-0.05, 0) is 22.5 Å². The van der Waals surface area contributed by atoms with Crippen molar-refractivity contribution in [3.05, 3.63) is 35.4 Å². The summed E-state index contributed by atoms with van der Waals surface area (Å²) in [6.45, 7) is 0.585. The molecule has 0 bridgehead atoms. The Morgan fingerprint density at radius 1 is 1.27 bits per heavy atom. The van der Waals surface area contributed by atoms with E-state index in [1.165, 1.54) is 0 Å². The Balaban J connectivity index is 2.88. The monoisotopic (exact) mass is 209 g/mol. The van der Waals surface area contributed by atoms with Gasteiger partial charge in [0.15, 0.2) is 0 Å². The number of rotatable bonds is 1. The third-order valence-electron chi connectivity index (χ3n) is 1.38. The Labute approximate surface area is 74.7 Å². The van der Waals surface area contributed by atoms with Crippen molar-refractivity contribution in [2.24, 2.45) is 5.73 Å². The Morgan fingerprint density at radius 2 is 1.91 bits per heavy atom. The van der Waals surface area contributed by atoms with Gasteiger partial charge in [0, 0.05) is 28.0 Å². The zero-order valence-corrected chi connectivity index (χ0v) is 7.56. The molecule has 1 nitrogen and oxygen atoms in total. The fourth-order valence-electron chi connectivity index (χ4n) is 0.779. The van der Waals surface area contributed by atoms with Crippen LogP contribution in [0.15, 0.2) is 24.3 Å². The summed E-state index contributed by atoms with van der Waals surface area (Å²) in [5.74, 6) is 2.88. The maximum atomic E-state index is 5.43. The molecule has 0 aliphatic rings. The SMILES string of the molecule is NCc1ccc(C#CBr)cc1. The normalized spacial score (nSPS) is 8.55. The first-order chi connectivity index (χ1) is 5.36. The summed E-state index contributed by atoms with van der Waals surface area (Å²) in [5, 5.41) is 0. The van der Waals surface area contributed by atoms with Gasteiger partial charge in [0.1, 0.15) is 0 Å². The molecule has 2 heteroatoms. The summed E-state index contributed by atoms with van der Waals surface area (Å²) in [5.41, 5.74) is 7.56. The van der Waals surface area contributed by atoms with E-state index in [9.17, 15) is 0 Å². The lowest BCUT2D eigenvalue weighted by atomic mass is 10.1. The van der Waals surface area contributed by atoms with Crippen LogP contribution in [0.2, 0.25) is 0 Å². The lowest BCUT2D eigenvalue weighted by Gasteiger charge is -1.94. The quantitative estimate of drug-likeness (QED) is 0.703. The first-order valence-corrected chi connectivity index (χ1v) is 4.07. The van der Waals surface area contributed by atoms with E-state index in [-0.39, 0.29) is 0 Å². The molecule has 1 aromatic rings. The first kappa shape index (κ1) is 8.32. The van der Waals surface area contributed by atoms with Crippen LogP contribution < -0.4 is 5.73 Å². The van der Waals surface area contributed by atoms with Gasteiger partial charge in [-0.15, -0.1) is 0 Å². The molecule has 0 aliphatic heterocycles. The Kier molecular flexibility index (Phi) is 3.15. The summed E-state index contributed by atoms with van der Waals surface area (Å²) in [6.07, 6.45) is 0. The molecule has 1 rings (SSSR count). The van der Waals surface area contributed by atoms with E-state index in [0.717, 1.165) is 11.1 Å². The number of hydrogen-bond donors (Lipinski definition) is 1. The molecule has 0 atom stereocenters. The van der Waals surface area contributed by atoms with Crippen LogP contribution in [0.4, 0.5) is 0 Å². The van der Waals surface area contributed by atoms with Crippen molar-refractivity contribution in [2.75, 3.05) is 0 Å². The lowest BCUT2D eigenvalue weighted by Crippen LogP contribution is -1.95. The highest BCUT2D eigenvalue weighted by Crippen LogP contribution is 2.01. The molecule has 1 aromatic carbocycles. The van der Waals surface area contributed by atoms with Gasteiger partial charge < -0.3 is 5.73 Å². The summed E-state index contributed by atoms with van der Waals surface area (Å²) >= 11 is 3.04. The molecule has 0 aliphatic carbocycles. The van der Waals surface area contributed by atoms with Gasteiger partial charge in [0.2, 0.25) is 0 Å². The van der Waals surface area contributed by atoms with E-state index < -0.39 is 0 Å². The lowest BCUT2D eigenvalue weighted by molar-refractivity contribution is 1.07. The van der Waals surface area contributed by atoms with Crippen LogP contribution >= 0.6 is 15.9 Å². The van der Waals surface area contributed by atoms with Gasteiger partial charge in [-0.25, -0.2) is 0 Å². The van der Waals surface area contributed by atoms with Gasteiger partial charge in [-0.1, -0.05) is 18.1 Å². The summed E-state index contributed by atoms with van der Waals surface area (Å²) < 4.78 is 0. The zero-order valence-electron chi connectivity index (χ0n) is 5.97. The molecule has 2 N–H and O–H groups in total. The highest BCUT2D eigenvalue weighted by Gasteiger charge is 1.87. The predicted octanol–water partition coefficient (Wildman–Crippen LogP) is 1.85. The van der Waals surface area contributed by atoms with Crippen molar-refractivity contribution in [2.45, 2.75) is 6.54 Å². The second kappa shape index (κ2) is 4.17. The van der Waals surface area contributed by atoms with Gasteiger partial charge in [-0.3, -0.25) is 0 Å². The molecule has 56 valence electrons.